The SMILES string of the molecule is O=S(=O)(NC1CCN(CCOc2cccc3ccccc23)C1)c1ccc2ccccc2c1. The summed E-state index contributed by atoms with van der Waals surface area (Å²) in [6.45, 7) is 2.87. The predicted octanol–water partition coefficient (Wildman–Crippen LogP) is 4.42. The minimum absolute atomic E-state index is 0.0935. The van der Waals surface area contributed by atoms with Crippen molar-refractivity contribution in [2.24, 2.45) is 0 Å². The van der Waals surface area contributed by atoms with Crippen LogP contribution in [0.25, 0.3) is 21.5 Å². The van der Waals surface area contributed by atoms with Crippen molar-refractivity contribution in [2.45, 2.75) is 17.4 Å². The Bertz CT molecular complexity index is 1350. The van der Waals surface area contributed by atoms with Gasteiger partial charge in [-0.15, -0.1) is 0 Å². The smallest absolute Gasteiger partial charge is 0.240 e. The van der Waals surface area contributed by atoms with Crippen LogP contribution in [0.2, 0.25) is 0 Å². The molecule has 1 fully saturated rings. The van der Waals surface area contributed by atoms with Crippen LogP contribution in [0.4, 0.5) is 0 Å². The Labute approximate surface area is 188 Å². The van der Waals surface area contributed by atoms with Gasteiger partial charge in [0.2, 0.25) is 10.0 Å². The molecule has 1 saturated heterocycles. The number of hydrogen-bond donors (Lipinski definition) is 1. The van der Waals surface area contributed by atoms with Crippen molar-refractivity contribution in [1.82, 2.24) is 9.62 Å². The van der Waals surface area contributed by atoms with Crippen molar-refractivity contribution in [2.75, 3.05) is 26.2 Å². The summed E-state index contributed by atoms with van der Waals surface area (Å²) in [4.78, 5) is 2.56. The van der Waals surface area contributed by atoms with E-state index in [4.69, 9.17) is 4.74 Å². The first kappa shape index (κ1) is 20.9. The maximum Gasteiger partial charge on any atom is 0.240 e. The highest BCUT2D eigenvalue weighted by atomic mass is 32.2. The Balaban J connectivity index is 1.17. The third kappa shape index (κ3) is 4.48. The van der Waals surface area contributed by atoms with Crippen LogP contribution in [-0.2, 0) is 10.0 Å². The van der Waals surface area contributed by atoms with Gasteiger partial charge in [0.05, 0.1) is 4.90 Å². The molecule has 1 heterocycles. The largest absolute Gasteiger partial charge is 0.492 e. The van der Waals surface area contributed by atoms with Crippen LogP contribution in [0.15, 0.2) is 89.8 Å². The number of nitrogens with zero attached hydrogens (tertiary/aromatic N) is 1. The van der Waals surface area contributed by atoms with Crippen LogP contribution in [0.5, 0.6) is 5.75 Å². The van der Waals surface area contributed by atoms with Gasteiger partial charge < -0.3 is 4.74 Å². The highest BCUT2D eigenvalue weighted by Gasteiger charge is 2.27. The molecule has 1 N–H and O–H groups in total. The first-order chi connectivity index (χ1) is 15.6. The summed E-state index contributed by atoms with van der Waals surface area (Å²) in [5.74, 6) is 0.885. The number of likely N-dealkylation sites (tertiary alicyclic amines) is 1. The molecule has 4 aromatic carbocycles. The number of fused-ring (bicyclic) bond motifs is 2. The molecule has 0 saturated carbocycles. The van der Waals surface area contributed by atoms with E-state index in [1.165, 1.54) is 0 Å². The Morgan fingerprint density at radius 2 is 1.62 bits per heavy atom. The molecule has 0 spiro atoms. The first-order valence-corrected chi connectivity index (χ1v) is 12.4. The van der Waals surface area contributed by atoms with E-state index in [0.29, 0.717) is 18.0 Å². The standard InChI is InChI=1S/C26H26N2O3S/c29-32(30,24-13-12-20-6-1-2-8-22(20)18-24)27-23-14-15-28(19-23)16-17-31-26-11-5-9-21-7-3-4-10-25(21)26/h1-13,18,23,27H,14-17,19H2. The monoisotopic (exact) mass is 446 g/mol. The number of sulfonamides is 1. The number of benzene rings is 4. The lowest BCUT2D eigenvalue weighted by Crippen LogP contribution is -2.37. The van der Waals surface area contributed by atoms with Gasteiger partial charge in [-0.2, -0.15) is 0 Å². The van der Waals surface area contributed by atoms with E-state index in [0.717, 1.165) is 46.8 Å². The van der Waals surface area contributed by atoms with Crippen molar-refractivity contribution >= 4 is 31.6 Å². The van der Waals surface area contributed by atoms with E-state index in [1.807, 2.05) is 54.6 Å². The lowest BCUT2D eigenvalue weighted by atomic mass is 10.1. The predicted molar refractivity (Wildman–Crippen MR) is 129 cm³/mol. The second-order valence-electron chi connectivity index (χ2n) is 8.24. The van der Waals surface area contributed by atoms with Gasteiger partial charge in [-0.25, -0.2) is 13.1 Å². The molecule has 1 unspecified atom stereocenters. The molecule has 1 aliphatic rings. The molecular formula is C26H26N2O3S. The van der Waals surface area contributed by atoms with Crippen LogP contribution in [0.3, 0.4) is 0 Å². The molecule has 164 valence electrons. The van der Waals surface area contributed by atoms with Crippen molar-refractivity contribution < 1.29 is 13.2 Å². The third-order valence-electron chi connectivity index (χ3n) is 6.04. The molecule has 0 bridgehead atoms. The normalized spacial score (nSPS) is 17.2. The number of nitrogens with one attached hydrogen (secondary N) is 1. The Morgan fingerprint density at radius 1 is 0.875 bits per heavy atom. The Morgan fingerprint density at radius 3 is 2.50 bits per heavy atom. The van der Waals surface area contributed by atoms with Crippen molar-refractivity contribution in [3.05, 3.63) is 84.9 Å². The lowest BCUT2D eigenvalue weighted by Gasteiger charge is -2.18. The van der Waals surface area contributed by atoms with Crippen molar-refractivity contribution in [3.8, 4) is 5.75 Å². The van der Waals surface area contributed by atoms with Crippen LogP contribution in [0, 0.1) is 0 Å². The second-order valence-corrected chi connectivity index (χ2v) is 9.96. The van der Waals surface area contributed by atoms with Crippen LogP contribution in [-0.4, -0.2) is 45.6 Å². The highest BCUT2D eigenvalue weighted by molar-refractivity contribution is 7.89. The fourth-order valence-corrected chi connectivity index (χ4v) is 5.66. The maximum absolute atomic E-state index is 12.9. The molecule has 1 atom stereocenters. The minimum Gasteiger partial charge on any atom is -0.492 e. The molecular weight excluding hydrogens is 420 g/mol. The zero-order valence-electron chi connectivity index (χ0n) is 17.8. The van der Waals surface area contributed by atoms with Gasteiger partial charge in [-0.3, -0.25) is 4.90 Å². The van der Waals surface area contributed by atoms with Gasteiger partial charge in [0.25, 0.3) is 0 Å². The van der Waals surface area contributed by atoms with E-state index in [-0.39, 0.29) is 6.04 Å². The molecule has 0 radical (unpaired) electrons. The van der Waals surface area contributed by atoms with Gasteiger partial charge in [-0.05, 0) is 47.3 Å². The number of ether oxygens (including phenoxy) is 1. The van der Waals surface area contributed by atoms with E-state index in [9.17, 15) is 8.42 Å². The fraction of sp³-hybridized carbons (Fsp3) is 0.231. The van der Waals surface area contributed by atoms with Gasteiger partial charge in [-0.1, -0.05) is 66.7 Å². The summed E-state index contributed by atoms with van der Waals surface area (Å²) >= 11 is 0. The zero-order chi connectivity index (χ0) is 22.0. The lowest BCUT2D eigenvalue weighted by molar-refractivity contribution is 0.237. The topological polar surface area (TPSA) is 58.6 Å². The maximum atomic E-state index is 12.9. The van der Waals surface area contributed by atoms with Crippen LogP contribution >= 0.6 is 0 Å². The molecule has 4 aromatic rings. The van der Waals surface area contributed by atoms with Gasteiger partial charge in [0.1, 0.15) is 12.4 Å². The van der Waals surface area contributed by atoms with E-state index < -0.39 is 10.0 Å². The summed E-state index contributed by atoms with van der Waals surface area (Å²) in [6, 6.07) is 27.2. The van der Waals surface area contributed by atoms with Gasteiger partial charge >= 0.3 is 0 Å². The summed E-state index contributed by atoms with van der Waals surface area (Å²) in [7, 11) is -3.55. The summed E-state index contributed by atoms with van der Waals surface area (Å²) < 4.78 is 34.8. The summed E-state index contributed by atoms with van der Waals surface area (Å²) in [5, 5.41) is 4.23. The molecule has 1 aliphatic heterocycles. The number of hydrogen-bond acceptors (Lipinski definition) is 4. The Hall–Kier alpha value is -2.93. The molecule has 32 heavy (non-hydrogen) atoms. The Kier molecular flexibility index (Phi) is 5.83. The first-order valence-electron chi connectivity index (χ1n) is 10.9. The van der Waals surface area contributed by atoms with Gasteiger partial charge in [0, 0.05) is 24.5 Å². The molecule has 5 nitrogen and oxygen atoms in total. The fourth-order valence-electron chi connectivity index (χ4n) is 4.36. The molecule has 6 heteroatoms. The molecule has 0 aliphatic carbocycles. The minimum atomic E-state index is -3.55. The van der Waals surface area contributed by atoms with Crippen molar-refractivity contribution in [3.63, 3.8) is 0 Å². The average molecular weight is 447 g/mol. The van der Waals surface area contributed by atoms with E-state index >= 15 is 0 Å². The van der Waals surface area contributed by atoms with Crippen LogP contribution in [0.1, 0.15) is 6.42 Å². The molecule has 0 amide bonds. The number of rotatable bonds is 7. The quantitative estimate of drug-likeness (QED) is 0.456. The summed E-state index contributed by atoms with van der Waals surface area (Å²) in [5.41, 5.74) is 0. The average Bonchev–Trinajstić information content (AvgIpc) is 3.25. The molecule has 5 rings (SSSR count). The molecule has 0 aromatic heterocycles. The van der Waals surface area contributed by atoms with E-state index in [1.54, 1.807) is 12.1 Å². The van der Waals surface area contributed by atoms with E-state index in [2.05, 4.69) is 27.8 Å². The second kappa shape index (κ2) is 8.90. The highest BCUT2D eigenvalue weighted by Crippen LogP contribution is 2.25. The zero-order valence-corrected chi connectivity index (χ0v) is 18.6. The van der Waals surface area contributed by atoms with Crippen LogP contribution < -0.4 is 9.46 Å². The summed E-state index contributed by atoms with van der Waals surface area (Å²) in [6.07, 6.45) is 0.793. The van der Waals surface area contributed by atoms with Crippen molar-refractivity contribution in [1.29, 1.82) is 0 Å². The van der Waals surface area contributed by atoms with Gasteiger partial charge in [0.15, 0.2) is 0 Å². The third-order valence-corrected chi connectivity index (χ3v) is 7.56.